The van der Waals surface area contributed by atoms with E-state index in [9.17, 15) is 4.79 Å². The first-order valence-corrected chi connectivity index (χ1v) is 12.5. The Bertz CT molecular complexity index is 1490. The highest BCUT2D eigenvalue weighted by Crippen LogP contribution is 2.39. The average Bonchev–Trinajstić information content (AvgIpc) is 3.40. The minimum absolute atomic E-state index is 0.144. The minimum atomic E-state index is -0.144. The molecule has 0 unspecified atom stereocenters. The molecule has 0 saturated heterocycles. The first kappa shape index (κ1) is 21.7. The van der Waals surface area contributed by atoms with Gasteiger partial charge in [0.25, 0.3) is 0 Å². The maximum Gasteiger partial charge on any atom is 0.248 e. The number of benzene rings is 3. The molecule has 176 valence electrons. The van der Waals surface area contributed by atoms with Crippen molar-refractivity contribution in [1.82, 2.24) is 0 Å². The number of hydrogen-bond donors (Lipinski definition) is 1. The summed E-state index contributed by atoms with van der Waals surface area (Å²) in [4.78, 5) is 13.0. The Morgan fingerprint density at radius 1 is 1.03 bits per heavy atom. The predicted octanol–water partition coefficient (Wildman–Crippen LogP) is 7.32. The van der Waals surface area contributed by atoms with Gasteiger partial charge < -0.3 is 14.5 Å². The molecule has 1 N–H and O–H groups in total. The van der Waals surface area contributed by atoms with Crippen LogP contribution in [0.2, 0.25) is 0 Å². The van der Waals surface area contributed by atoms with Crippen molar-refractivity contribution in [2.75, 3.05) is 11.9 Å². The van der Waals surface area contributed by atoms with Crippen LogP contribution in [0.4, 0.5) is 5.69 Å². The highest BCUT2D eigenvalue weighted by molar-refractivity contribution is 6.05. The number of carbonyl (C=O) groups is 1. The molecule has 0 fully saturated rings. The molecular formula is C31H29NO3. The Balaban J connectivity index is 1.28. The quantitative estimate of drug-likeness (QED) is 0.278. The second-order valence-electron chi connectivity index (χ2n) is 9.51. The number of furan rings is 1. The minimum Gasteiger partial charge on any atom is -0.493 e. The fourth-order valence-electron chi connectivity index (χ4n) is 5.55. The number of nitrogens with one attached hydrogen (secondary N) is 1. The van der Waals surface area contributed by atoms with E-state index in [1.807, 2.05) is 26.0 Å². The first-order chi connectivity index (χ1) is 17.1. The van der Waals surface area contributed by atoms with Gasteiger partial charge in [-0.2, -0.15) is 0 Å². The average molecular weight is 464 g/mol. The van der Waals surface area contributed by atoms with Gasteiger partial charge in [0.15, 0.2) is 0 Å². The Hall–Kier alpha value is -3.79. The molecule has 4 aromatic rings. The Kier molecular flexibility index (Phi) is 5.44. The Morgan fingerprint density at radius 3 is 2.74 bits per heavy atom. The molecule has 0 spiro atoms. The van der Waals surface area contributed by atoms with Crippen molar-refractivity contribution in [3.8, 4) is 16.9 Å². The van der Waals surface area contributed by atoms with Crippen LogP contribution < -0.4 is 10.1 Å². The number of allylic oxidation sites excluding steroid dienone is 1. The van der Waals surface area contributed by atoms with Crippen LogP contribution in [0.25, 0.3) is 27.7 Å². The van der Waals surface area contributed by atoms with Gasteiger partial charge in [0.1, 0.15) is 17.1 Å². The molecule has 3 aromatic carbocycles. The molecule has 1 aromatic heterocycles. The molecule has 0 saturated carbocycles. The fraction of sp³-hybridized carbons (Fsp3) is 0.258. The summed E-state index contributed by atoms with van der Waals surface area (Å²) in [7, 11) is 0. The lowest BCUT2D eigenvalue weighted by molar-refractivity contribution is -0.111. The lowest BCUT2D eigenvalue weighted by atomic mass is 9.94. The van der Waals surface area contributed by atoms with E-state index in [1.54, 1.807) is 6.08 Å². The van der Waals surface area contributed by atoms with Gasteiger partial charge in [0.2, 0.25) is 5.91 Å². The second-order valence-corrected chi connectivity index (χ2v) is 9.51. The van der Waals surface area contributed by atoms with Crippen molar-refractivity contribution in [2.24, 2.45) is 0 Å². The second kappa shape index (κ2) is 8.77. The summed E-state index contributed by atoms with van der Waals surface area (Å²) in [6.45, 7) is 4.49. The number of amides is 1. The van der Waals surface area contributed by atoms with Crippen LogP contribution in [0.3, 0.4) is 0 Å². The van der Waals surface area contributed by atoms with Gasteiger partial charge in [-0.15, -0.1) is 0 Å². The summed E-state index contributed by atoms with van der Waals surface area (Å²) in [6, 6.07) is 18.8. The van der Waals surface area contributed by atoms with Crippen LogP contribution in [-0.4, -0.2) is 12.5 Å². The third-order valence-corrected chi connectivity index (χ3v) is 7.19. The lowest BCUT2D eigenvalue weighted by Gasteiger charge is -2.12. The van der Waals surface area contributed by atoms with Crippen LogP contribution in [0, 0.1) is 0 Å². The summed E-state index contributed by atoms with van der Waals surface area (Å²) in [5, 5.41) is 4.20. The standard InChI is InChI=1S/C31H29NO3/c1-3-34-29-18-30-27(25-10-6-7-11-28(25)35-30)17-26(29)19(2)14-31(33)32-22-12-13-24-21(16-22)15-20-8-4-5-9-23(20)24/h4-5,8-9,12-14,16-18H,3,6-7,10-11,15H2,1-2H3,(H,32,33)/b19-14+. The zero-order valence-corrected chi connectivity index (χ0v) is 20.2. The number of ether oxygens (including phenoxy) is 1. The maximum atomic E-state index is 13.0. The SMILES string of the molecule is CCOc1cc2oc3c(c2cc1/C(C)=C/C(=O)Nc1ccc2c(c1)Cc1ccccc1-2)CCCC3. The normalized spacial score (nSPS) is 14.4. The van der Waals surface area contributed by atoms with E-state index in [-0.39, 0.29) is 5.91 Å². The highest BCUT2D eigenvalue weighted by Gasteiger charge is 2.21. The van der Waals surface area contributed by atoms with Crippen LogP contribution in [0.15, 0.2) is 65.1 Å². The number of rotatable bonds is 5. The molecule has 0 atom stereocenters. The number of carbonyl (C=O) groups excluding carboxylic acids is 1. The molecule has 1 heterocycles. The molecule has 35 heavy (non-hydrogen) atoms. The molecule has 4 heteroatoms. The molecule has 0 bridgehead atoms. The topological polar surface area (TPSA) is 51.5 Å². The molecule has 1 amide bonds. The molecule has 4 nitrogen and oxygen atoms in total. The summed E-state index contributed by atoms with van der Waals surface area (Å²) >= 11 is 0. The van der Waals surface area contributed by atoms with Crippen molar-refractivity contribution in [3.05, 3.63) is 88.7 Å². The van der Waals surface area contributed by atoms with Crippen molar-refractivity contribution in [2.45, 2.75) is 46.0 Å². The van der Waals surface area contributed by atoms with Crippen LogP contribution in [0.5, 0.6) is 5.75 Å². The zero-order chi connectivity index (χ0) is 23.9. The Labute approximate surface area is 205 Å². The molecule has 2 aliphatic carbocycles. The van der Waals surface area contributed by atoms with E-state index in [2.05, 4.69) is 47.8 Å². The number of hydrogen-bond acceptors (Lipinski definition) is 3. The van der Waals surface area contributed by atoms with Crippen molar-refractivity contribution >= 4 is 28.1 Å². The summed E-state index contributed by atoms with van der Waals surface area (Å²) in [5.74, 6) is 1.71. The summed E-state index contributed by atoms with van der Waals surface area (Å²) in [6.07, 6.45) is 6.96. The van der Waals surface area contributed by atoms with Crippen LogP contribution in [0.1, 0.15) is 54.7 Å². The van der Waals surface area contributed by atoms with E-state index < -0.39 is 0 Å². The third-order valence-electron chi connectivity index (χ3n) is 7.19. The number of fused-ring (bicyclic) bond motifs is 6. The molecular weight excluding hydrogens is 434 g/mol. The molecule has 0 aliphatic heterocycles. The summed E-state index contributed by atoms with van der Waals surface area (Å²) in [5.41, 5.74) is 9.93. The largest absolute Gasteiger partial charge is 0.493 e. The van der Waals surface area contributed by atoms with Crippen LogP contribution in [-0.2, 0) is 24.1 Å². The van der Waals surface area contributed by atoms with Gasteiger partial charge in [-0.05, 0) is 85.6 Å². The summed E-state index contributed by atoms with van der Waals surface area (Å²) < 4.78 is 12.1. The third kappa shape index (κ3) is 3.93. The van der Waals surface area contributed by atoms with E-state index in [0.717, 1.165) is 58.6 Å². The van der Waals surface area contributed by atoms with E-state index in [0.29, 0.717) is 6.61 Å². The van der Waals surface area contributed by atoms with Gasteiger partial charge in [0, 0.05) is 40.8 Å². The zero-order valence-electron chi connectivity index (χ0n) is 20.2. The van der Waals surface area contributed by atoms with Gasteiger partial charge >= 0.3 is 0 Å². The van der Waals surface area contributed by atoms with Crippen molar-refractivity contribution in [1.29, 1.82) is 0 Å². The smallest absolute Gasteiger partial charge is 0.248 e. The predicted molar refractivity (Wildman–Crippen MR) is 141 cm³/mol. The van der Waals surface area contributed by atoms with Crippen LogP contribution >= 0.6 is 0 Å². The molecule has 6 rings (SSSR count). The van der Waals surface area contributed by atoms with Crippen molar-refractivity contribution < 1.29 is 13.9 Å². The van der Waals surface area contributed by atoms with E-state index >= 15 is 0 Å². The van der Waals surface area contributed by atoms with Gasteiger partial charge in [-0.1, -0.05) is 30.3 Å². The monoisotopic (exact) mass is 463 g/mol. The van der Waals surface area contributed by atoms with Crippen molar-refractivity contribution in [3.63, 3.8) is 0 Å². The van der Waals surface area contributed by atoms with Gasteiger partial charge in [-0.3, -0.25) is 4.79 Å². The first-order valence-electron chi connectivity index (χ1n) is 12.5. The molecule has 2 aliphatic rings. The maximum absolute atomic E-state index is 13.0. The van der Waals surface area contributed by atoms with E-state index in [1.165, 1.54) is 40.7 Å². The number of anilines is 1. The van der Waals surface area contributed by atoms with E-state index in [4.69, 9.17) is 9.15 Å². The fourth-order valence-corrected chi connectivity index (χ4v) is 5.55. The highest BCUT2D eigenvalue weighted by atomic mass is 16.5. The van der Waals surface area contributed by atoms with Gasteiger partial charge in [0.05, 0.1) is 6.61 Å². The Morgan fingerprint density at radius 2 is 1.86 bits per heavy atom. The lowest BCUT2D eigenvalue weighted by Crippen LogP contribution is -2.09. The van der Waals surface area contributed by atoms with Gasteiger partial charge in [-0.25, -0.2) is 0 Å². The molecule has 0 radical (unpaired) electrons. The number of aryl methyl sites for hydroxylation is 2.